The van der Waals surface area contributed by atoms with Crippen LogP contribution in [0, 0.1) is 5.41 Å². The Balaban J connectivity index is 2.34. The predicted molar refractivity (Wildman–Crippen MR) is 71.7 cm³/mol. The van der Waals surface area contributed by atoms with Crippen molar-refractivity contribution in [3.8, 4) is 0 Å². The number of nitrogens with zero attached hydrogens (tertiary/aromatic N) is 1. The van der Waals surface area contributed by atoms with Gasteiger partial charge in [0, 0.05) is 19.5 Å². The first-order valence-electron chi connectivity index (χ1n) is 6.43. The van der Waals surface area contributed by atoms with Gasteiger partial charge >= 0.3 is 5.97 Å². The third kappa shape index (κ3) is 2.68. The molecule has 1 aromatic carbocycles. The molecule has 1 saturated heterocycles. The zero-order valence-electron chi connectivity index (χ0n) is 11.4. The van der Waals surface area contributed by atoms with E-state index in [1.54, 1.807) is 0 Å². The SMILES string of the molecule is COC(=O)C1(Cc2ccccc2)CN(C)CCC1=O. The number of likely N-dealkylation sites (tertiary alicyclic amines) is 1. The van der Waals surface area contributed by atoms with Crippen LogP contribution in [0.15, 0.2) is 30.3 Å². The number of piperidine rings is 1. The quantitative estimate of drug-likeness (QED) is 0.607. The Hall–Kier alpha value is -1.68. The lowest BCUT2D eigenvalue weighted by Gasteiger charge is -2.37. The Bertz CT molecular complexity index is 462. The Morgan fingerprint density at radius 1 is 1.37 bits per heavy atom. The molecule has 4 heteroatoms. The van der Waals surface area contributed by atoms with Crippen molar-refractivity contribution in [1.82, 2.24) is 4.90 Å². The second-order valence-corrected chi connectivity index (χ2v) is 5.15. The summed E-state index contributed by atoms with van der Waals surface area (Å²) in [6.07, 6.45) is 0.808. The molecule has 1 heterocycles. The number of esters is 1. The first-order chi connectivity index (χ1) is 9.08. The van der Waals surface area contributed by atoms with Crippen LogP contribution in [-0.2, 0) is 20.7 Å². The number of ketones is 1. The van der Waals surface area contributed by atoms with Crippen molar-refractivity contribution < 1.29 is 14.3 Å². The number of carbonyl (C=O) groups excluding carboxylic acids is 2. The molecule has 102 valence electrons. The molecular formula is C15H19NO3. The van der Waals surface area contributed by atoms with Crippen molar-refractivity contribution in [3.05, 3.63) is 35.9 Å². The molecule has 1 aliphatic rings. The van der Waals surface area contributed by atoms with Crippen LogP contribution in [-0.4, -0.2) is 43.9 Å². The summed E-state index contributed by atoms with van der Waals surface area (Å²) < 4.78 is 4.90. The van der Waals surface area contributed by atoms with Crippen LogP contribution in [0.3, 0.4) is 0 Å². The molecule has 19 heavy (non-hydrogen) atoms. The first-order valence-corrected chi connectivity index (χ1v) is 6.43. The van der Waals surface area contributed by atoms with Crippen LogP contribution < -0.4 is 0 Å². The lowest BCUT2D eigenvalue weighted by atomic mass is 9.74. The number of carbonyl (C=O) groups is 2. The van der Waals surface area contributed by atoms with Gasteiger partial charge in [-0.05, 0) is 19.0 Å². The van der Waals surface area contributed by atoms with E-state index < -0.39 is 11.4 Å². The van der Waals surface area contributed by atoms with Crippen molar-refractivity contribution in [2.45, 2.75) is 12.8 Å². The molecule has 1 atom stereocenters. The van der Waals surface area contributed by atoms with Crippen LogP contribution >= 0.6 is 0 Å². The largest absolute Gasteiger partial charge is 0.468 e. The van der Waals surface area contributed by atoms with Crippen molar-refractivity contribution in [3.63, 3.8) is 0 Å². The van der Waals surface area contributed by atoms with Crippen LogP contribution in [0.2, 0.25) is 0 Å². The standard InChI is InChI=1S/C15H19NO3/c1-16-9-8-13(17)15(11-16,14(18)19-2)10-12-6-4-3-5-7-12/h3-7H,8-11H2,1-2H3. The molecule has 0 aliphatic carbocycles. The fourth-order valence-corrected chi connectivity index (χ4v) is 2.70. The predicted octanol–water partition coefficient (Wildman–Crippen LogP) is 1.29. The maximum Gasteiger partial charge on any atom is 0.321 e. The van der Waals surface area contributed by atoms with Crippen molar-refractivity contribution in [1.29, 1.82) is 0 Å². The van der Waals surface area contributed by atoms with Crippen molar-refractivity contribution in [2.75, 3.05) is 27.2 Å². The molecule has 0 amide bonds. The van der Waals surface area contributed by atoms with Gasteiger partial charge in [-0.1, -0.05) is 30.3 Å². The minimum atomic E-state index is -1.05. The topological polar surface area (TPSA) is 46.6 Å². The third-order valence-electron chi connectivity index (χ3n) is 3.72. The van der Waals surface area contributed by atoms with Gasteiger partial charge in [0.15, 0.2) is 5.78 Å². The molecule has 0 bridgehead atoms. The summed E-state index contributed by atoms with van der Waals surface area (Å²) in [4.78, 5) is 26.5. The third-order valence-corrected chi connectivity index (χ3v) is 3.72. The van der Waals surface area contributed by atoms with Crippen LogP contribution in [0.5, 0.6) is 0 Å². The Labute approximate surface area is 113 Å². The smallest absolute Gasteiger partial charge is 0.321 e. The molecule has 4 nitrogen and oxygen atoms in total. The number of hydrogen-bond acceptors (Lipinski definition) is 4. The fraction of sp³-hybridized carbons (Fsp3) is 0.467. The Morgan fingerprint density at radius 2 is 2.05 bits per heavy atom. The number of rotatable bonds is 3. The monoisotopic (exact) mass is 261 g/mol. The van der Waals surface area contributed by atoms with Crippen molar-refractivity contribution in [2.24, 2.45) is 5.41 Å². The van der Waals surface area contributed by atoms with Crippen LogP contribution in [0.1, 0.15) is 12.0 Å². The fourth-order valence-electron chi connectivity index (χ4n) is 2.70. The molecule has 1 aromatic rings. The summed E-state index contributed by atoms with van der Waals surface area (Å²) in [6, 6.07) is 9.62. The second kappa shape index (κ2) is 5.53. The normalized spacial score (nSPS) is 24.2. The van der Waals surface area contributed by atoms with Gasteiger partial charge in [0.1, 0.15) is 5.41 Å². The highest BCUT2D eigenvalue weighted by Gasteiger charge is 2.49. The Morgan fingerprint density at radius 3 is 2.68 bits per heavy atom. The van der Waals surface area contributed by atoms with Gasteiger partial charge < -0.3 is 9.64 Å². The molecule has 0 spiro atoms. The lowest BCUT2D eigenvalue weighted by Crippen LogP contribution is -2.54. The molecule has 1 aliphatic heterocycles. The van der Waals surface area contributed by atoms with E-state index in [0.29, 0.717) is 25.9 Å². The van der Waals surface area contributed by atoms with Crippen molar-refractivity contribution >= 4 is 11.8 Å². The molecule has 0 saturated carbocycles. The summed E-state index contributed by atoms with van der Waals surface area (Å²) >= 11 is 0. The van der Waals surface area contributed by atoms with Gasteiger partial charge in [-0.25, -0.2) is 0 Å². The molecule has 0 radical (unpaired) electrons. The zero-order chi connectivity index (χ0) is 13.9. The molecule has 0 aromatic heterocycles. The highest BCUT2D eigenvalue weighted by Crippen LogP contribution is 2.31. The molecule has 1 fully saturated rings. The van der Waals surface area contributed by atoms with E-state index in [9.17, 15) is 9.59 Å². The van der Waals surface area contributed by atoms with E-state index in [4.69, 9.17) is 4.74 Å². The van der Waals surface area contributed by atoms with E-state index in [0.717, 1.165) is 5.56 Å². The number of hydrogen-bond donors (Lipinski definition) is 0. The summed E-state index contributed by atoms with van der Waals surface area (Å²) in [5.74, 6) is -0.436. The maximum absolute atomic E-state index is 12.3. The summed E-state index contributed by atoms with van der Waals surface area (Å²) in [6.45, 7) is 1.12. The maximum atomic E-state index is 12.3. The van der Waals surface area contributed by atoms with E-state index in [1.807, 2.05) is 42.3 Å². The van der Waals surface area contributed by atoms with Gasteiger partial charge in [0.2, 0.25) is 0 Å². The number of Topliss-reactive ketones (excluding diaryl/α,β-unsaturated/α-hetero) is 1. The van der Waals surface area contributed by atoms with Crippen LogP contribution in [0.4, 0.5) is 0 Å². The van der Waals surface area contributed by atoms with Crippen LogP contribution in [0.25, 0.3) is 0 Å². The average Bonchev–Trinajstić information content (AvgIpc) is 2.43. The minimum absolute atomic E-state index is 0.0127. The highest BCUT2D eigenvalue weighted by atomic mass is 16.5. The molecular weight excluding hydrogens is 242 g/mol. The average molecular weight is 261 g/mol. The summed E-state index contributed by atoms with van der Waals surface area (Å²) in [5, 5.41) is 0. The Kier molecular flexibility index (Phi) is 4.00. The van der Waals surface area contributed by atoms with E-state index in [1.165, 1.54) is 7.11 Å². The van der Waals surface area contributed by atoms with Gasteiger partial charge in [-0.15, -0.1) is 0 Å². The summed E-state index contributed by atoms with van der Waals surface area (Å²) in [7, 11) is 3.27. The molecule has 2 rings (SSSR count). The van der Waals surface area contributed by atoms with E-state index in [-0.39, 0.29) is 5.78 Å². The van der Waals surface area contributed by atoms with Gasteiger partial charge in [-0.3, -0.25) is 9.59 Å². The van der Waals surface area contributed by atoms with Gasteiger partial charge in [-0.2, -0.15) is 0 Å². The highest BCUT2D eigenvalue weighted by molar-refractivity contribution is 6.05. The number of methoxy groups -OCH3 is 1. The summed E-state index contributed by atoms with van der Waals surface area (Å²) in [5.41, 5.74) is -0.0696. The number of ether oxygens (including phenoxy) is 1. The minimum Gasteiger partial charge on any atom is -0.468 e. The first kappa shape index (κ1) is 13.7. The second-order valence-electron chi connectivity index (χ2n) is 5.15. The van der Waals surface area contributed by atoms with E-state index in [2.05, 4.69) is 0 Å². The van der Waals surface area contributed by atoms with Gasteiger partial charge in [0.25, 0.3) is 0 Å². The van der Waals surface area contributed by atoms with Gasteiger partial charge in [0.05, 0.1) is 7.11 Å². The molecule has 1 unspecified atom stereocenters. The molecule has 0 N–H and O–H groups in total. The van der Waals surface area contributed by atoms with E-state index >= 15 is 0 Å². The lowest BCUT2D eigenvalue weighted by molar-refractivity contribution is -0.161. The zero-order valence-corrected chi connectivity index (χ0v) is 11.4. The number of benzene rings is 1.